The maximum Gasteiger partial charge on any atom is 0.416 e. The molecule has 0 atom stereocenters. The van der Waals surface area contributed by atoms with Gasteiger partial charge in [0.05, 0.1) is 5.56 Å². The lowest BCUT2D eigenvalue weighted by atomic mass is 10.0. The average molecular weight is 359 g/mol. The fourth-order valence-electron chi connectivity index (χ4n) is 2.89. The van der Waals surface area contributed by atoms with Gasteiger partial charge in [-0.2, -0.15) is 13.2 Å². The minimum atomic E-state index is -4.48. The summed E-state index contributed by atoms with van der Waals surface area (Å²) in [6.45, 7) is 0.653. The van der Waals surface area contributed by atoms with Crippen LogP contribution in [-0.4, -0.2) is 18.2 Å². The van der Waals surface area contributed by atoms with Gasteiger partial charge in [0.2, 0.25) is 5.91 Å². The van der Waals surface area contributed by atoms with Crippen molar-refractivity contribution in [3.63, 3.8) is 0 Å². The molecule has 1 aliphatic heterocycles. The normalized spacial score (nSPS) is 15.0. The first-order valence-electron chi connectivity index (χ1n) is 8.15. The number of hydrogen-bond acceptors (Lipinski definition) is 2. The van der Waals surface area contributed by atoms with Gasteiger partial charge in [-0.25, -0.2) is 0 Å². The molecule has 0 radical (unpaired) electrons. The van der Waals surface area contributed by atoms with Gasteiger partial charge in [0.25, 0.3) is 0 Å². The van der Waals surface area contributed by atoms with E-state index in [0.29, 0.717) is 18.5 Å². The predicted octanol–water partition coefficient (Wildman–Crippen LogP) is 4.73. The third-order valence-corrected chi connectivity index (χ3v) is 4.22. The van der Waals surface area contributed by atoms with Gasteiger partial charge in [-0.15, -0.1) is 0 Å². The van der Waals surface area contributed by atoms with Crippen LogP contribution in [0.2, 0.25) is 0 Å². The number of rotatable bonds is 4. The molecule has 1 saturated heterocycles. The maximum atomic E-state index is 13.0. The Morgan fingerprint density at radius 1 is 1.04 bits per heavy atom. The number of carbonyl (C=O) groups is 2. The molecule has 2 aromatic rings. The topological polar surface area (TPSA) is 37.4 Å². The predicted molar refractivity (Wildman–Crippen MR) is 92.8 cm³/mol. The second-order valence-electron chi connectivity index (χ2n) is 5.98. The first-order chi connectivity index (χ1) is 12.4. The van der Waals surface area contributed by atoms with Gasteiger partial charge in [-0.3, -0.25) is 9.59 Å². The number of amides is 1. The Balaban J connectivity index is 1.76. The number of alkyl halides is 3. The summed E-state index contributed by atoms with van der Waals surface area (Å²) in [6.07, 6.45) is -0.861. The molecule has 0 aromatic heterocycles. The van der Waals surface area contributed by atoms with E-state index in [4.69, 9.17) is 0 Å². The van der Waals surface area contributed by atoms with Crippen molar-refractivity contribution in [1.29, 1.82) is 0 Å². The monoisotopic (exact) mass is 359 g/mol. The zero-order valence-corrected chi connectivity index (χ0v) is 13.8. The van der Waals surface area contributed by atoms with Gasteiger partial charge >= 0.3 is 6.18 Å². The quantitative estimate of drug-likeness (QED) is 0.585. The molecule has 0 aliphatic carbocycles. The van der Waals surface area contributed by atoms with Crippen LogP contribution < -0.4 is 4.90 Å². The van der Waals surface area contributed by atoms with E-state index < -0.39 is 17.5 Å². The number of carbonyl (C=O) groups excluding carboxylic acids is 2. The fourth-order valence-corrected chi connectivity index (χ4v) is 2.89. The maximum absolute atomic E-state index is 13.0. The summed E-state index contributed by atoms with van der Waals surface area (Å²) >= 11 is 0. The molecule has 0 unspecified atom stereocenters. The second kappa shape index (κ2) is 7.15. The SMILES string of the molecule is O=C(/C=C/c1ccccc1C(F)(F)F)c1ccc(N2CCCC2=O)cc1. The molecular formula is C20H16F3NO2. The zero-order chi connectivity index (χ0) is 18.7. The Hall–Kier alpha value is -2.89. The molecular weight excluding hydrogens is 343 g/mol. The number of halogens is 3. The Labute approximate surface area is 148 Å². The molecule has 0 spiro atoms. The Kier molecular flexibility index (Phi) is 4.93. The largest absolute Gasteiger partial charge is 0.416 e. The van der Waals surface area contributed by atoms with Crippen molar-refractivity contribution >= 4 is 23.5 Å². The summed E-state index contributed by atoms with van der Waals surface area (Å²) in [4.78, 5) is 25.6. The van der Waals surface area contributed by atoms with Crippen LogP contribution in [0.5, 0.6) is 0 Å². The molecule has 3 nitrogen and oxygen atoms in total. The minimum absolute atomic E-state index is 0.0488. The minimum Gasteiger partial charge on any atom is -0.312 e. The van der Waals surface area contributed by atoms with Gasteiger partial charge in [-0.05, 0) is 48.4 Å². The Morgan fingerprint density at radius 3 is 2.35 bits per heavy atom. The molecule has 6 heteroatoms. The highest BCUT2D eigenvalue weighted by Crippen LogP contribution is 2.32. The summed E-state index contributed by atoms with van der Waals surface area (Å²) in [5.41, 5.74) is 0.219. The van der Waals surface area contributed by atoms with Crippen molar-refractivity contribution in [3.8, 4) is 0 Å². The number of nitrogens with zero attached hydrogens (tertiary/aromatic N) is 1. The number of hydrogen-bond donors (Lipinski definition) is 0. The van der Waals surface area contributed by atoms with E-state index in [1.54, 1.807) is 29.2 Å². The van der Waals surface area contributed by atoms with Crippen molar-refractivity contribution in [2.45, 2.75) is 19.0 Å². The van der Waals surface area contributed by atoms with E-state index in [9.17, 15) is 22.8 Å². The molecule has 0 saturated carbocycles. The number of anilines is 1. The Morgan fingerprint density at radius 2 is 1.73 bits per heavy atom. The summed E-state index contributed by atoms with van der Waals surface area (Å²) in [7, 11) is 0. The van der Waals surface area contributed by atoms with Gasteiger partial charge in [-0.1, -0.05) is 24.3 Å². The highest BCUT2D eigenvalue weighted by atomic mass is 19.4. The van der Waals surface area contributed by atoms with Crippen LogP contribution in [0.15, 0.2) is 54.6 Å². The molecule has 26 heavy (non-hydrogen) atoms. The standard InChI is InChI=1S/C20H16F3NO2/c21-20(22,23)17-5-2-1-4-14(17)9-12-18(25)15-7-10-16(11-8-15)24-13-3-6-19(24)26/h1-2,4-5,7-12H,3,6,13H2/b12-9+. The van der Waals surface area contributed by atoms with Crippen LogP contribution in [0.4, 0.5) is 18.9 Å². The van der Waals surface area contributed by atoms with E-state index in [1.165, 1.54) is 24.3 Å². The van der Waals surface area contributed by atoms with E-state index in [2.05, 4.69) is 0 Å². The number of allylic oxidation sites excluding steroid dienone is 1. The number of ketones is 1. The summed E-state index contributed by atoms with van der Waals surface area (Å²) in [5.74, 6) is -0.353. The highest BCUT2D eigenvalue weighted by Gasteiger charge is 2.32. The summed E-state index contributed by atoms with van der Waals surface area (Å²) < 4.78 is 38.9. The second-order valence-corrected chi connectivity index (χ2v) is 5.98. The van der Waals surface area contributed by atoms with Crippen molar-refractivity contribution in [2.75, 3.05) is 11.4 Å². The lowest BCUT2D eigenvalue weighted by Gasteiger charge is -2.15. The van der Waals surface area contributed by atoms with Gasteiger partial charge < -0.3 is 4.90 Å². The van der Waals surface area contributed by atoms with Crippen LogP contribution in [0.3, 0.4) is 0 Å². The van der Waals surface area contributed by atoms with Crippen LogP contribution in [0.1, 0.15) is 34.3 Å². The van der Waals surface area contributed by atoms with Crippen molar-refractivity contribution in [3.05, 3.63) is 71.3 Å². The molecule has 1 fully saturated rings. The van der Waals surface area contributed by atoms with Crippen LogP contribution in [0, 0.1) is 0 Å². The molecule has 0 bridgehead atoms. The van der Waals surface area contributed by atoms with Crippen molar-refractivity contribution in [2.24, 2.45) is 0 Å². The van der Waals surface area contributed by atoms with E-state index >= 15 is 0 Å². The molecule has 3 rings (SSSR count). The van der Waals surface area contributed by atoms with E-state index in [1.807, 2.05) is 0 Å². The van der Waals surface area contributed by atoms with Crippen LogP contribution >= 0.6 is 0 Å². The fraction of sp³-hybridized carbons (Fsp3) is 0.200. The molecule has 1 heterocycles. The van der Waals surface area contributed by atoms with E-state index in [-0.39, 0.29) is 11.5 Å². The smallest absolute Gasteiger partial charge is 0.312 e. The zero-order valence-electron chi connectivity index (χ0n) is 13.8. The summed E-state index contributed by atoms with van der Waals surface area (Å²) in [5, 5.41) is 0. The van der Waals surface area contributed by atoms with Crippen LogP contribution in [-0.2, 0) is 11.0 Å². The first kappa shape index (κ1) is 17.9. The third kappa shape index (κ3) is 3.85. The number of benzene rings is 2. The average Bonchev–Trinajstić information content (AvgIpc) is 3.05. The lowest BCUT2D eigenvalue weighted by molar-refractivity contribution is -0.137. The molecule has 2 aromatic carbocycles. The van der Waals surface area contributed by atoms with Crippen molar-refractivity contribution < 1.29 is 22.8 Å². The van der Waals surface area contributed by atoms with Crippen LogP contribution in [0.25, 0.3) is 6.08 Å². The van der Waals surface area contributed by atoms with E-state index in [0.717, 1.165) is 24.3 Å². The first-order valence-corrected chi connectivity index (χ1v) is 8.15. The van der Waals surface area contributed by atoms with Gasteiger partial charge in [0.15, 0.2) is 5.78 Å². The summed E-state index contributed by atoms with van der Waals surface area (Å²) in [6, 6.07) is 11.6. The van der Waals surface area contributed by atoms with Crippen molar-refractivity contribution in [1.82, 2.24) is 0 Å². The highest BCUT2D eigenvalue weighted by molar-refractivity contribution is 6.07. The third-order valence-electron chi connectivity index (χ3n) is 4.22. The van der Waals surface area contributed by atoms with Gasteiger partial charge in [0, 0.05) is 24.2 Å². The molecule has 0 N–H and O–H groups in total. The lowest BCUT2D eigenvalue weighted by Crippen LogP contribution is -2.23. The Bertz CT molecular complexity index is 854. The van der Waals surface area contributed by atoms with Gasteiger partial charge in [0.1, 0.15) is 0 Å². The molecule has 1 aliphatic rings. The molecule has 134 valence electrons. The molecule has 1 amide bonds.